The summed E-state index contributed by atoms with van der Waals surface area (Å²) in [4.78, 5) is 0. The summed E-state index contributed by atoms with van der Waals surface area (Å²) in [5.41, 5.74) is 2.10. The van der Waals surface area contributed by atoms with Crippen molar-refractivity contribution < 1.29 is 4.74 Å². The van der Waals surface area contributed by atoms with E-state index in [1.807, 2.05) is 60.1 Å². The summed E-state index contributed by atoms with van der Waals surface area (Å²) in [6, 6.07) is 15.7. The van der Waals surface area contributed by atoms with Gasteiger partial charge in [0, 0.05) is 22.9 Å². The van der Waals surface area contributed by atoms with Crippen molar-refractivity contribution in [2.45, 2.75) is 17.3 Å². The number of rotatable bonds is 5. The first-order valence-corrected chi connectivity index (χ1v) is 8.81. The highest BCUT2D eigenvalue weighted by molar-refractivity contribution is 7.99. The summed E-state index contributed by atoms with van der Waals surface area (Å²) in [6.07, 6.45) is 0. The van der Waals surface area contributed by atoms with E-state index in [1.165, 1.54) is 0 Å². The van der Waals surface area contributed by atoms with Gasteiger partial charge in [0.25, 0.3) is 0 Å². The summed E-state index contributed by atoms with van der Waals surface area (Å²) in [5, 5.41) is 10.5. The first kappa shape index (κ1) is 16.9. The van der Waals surface area contributed by atoms with Gasteiger partial charge >= 0.3 is 0 Å². The van der Waals surface area contributed by atoms with E-state index in [1.54, 1.807) is 18.9 Å². The third kappa shape index (κ3) is 3.42. The van der Waals surface area contributed by atoms with Crippen molar-refractivity contribution in [1.82, 2.24) is 14.8 Å². The summed E-state index contributed by atoms with van der Waals surface area (Å²) >= 11 is 7.93. The van der Waals surface area contributed by atoms with Crippen molar-refractivity contribution >= 4 is 23.4 Å². The second-order valence-electron chi connectivity index (χ2n) is 5.38. The molecule has 24 heavy (non-hydrogen) atoms. The molecule has 3 rings (SSSR count). The van der Waals surface area contributed by atoms with Gasteiger partial charge in [0.05, 0.1) is 7.11 Å². The molecule has 1 aromatic heterocycles. The highest BCUT2D eigenvalue weighted by atomic mass is 35.5. The van der Waals surface area contributed by atoms with Crippen LogP contribution in [0.3, 0.4) is 0 Å². The van der Waals surface area contributed by atoms with E-state index in [0.29, 0.717) is 0 Å². The average Bonchev–Trinajstić information content (AvgIpc) is 2.96. The Morgan fingerprint density at radius 1 is 1.08 bits per heavy atom. The third-order valence-corrected chi connectivity index (χ3v) is 5.33. The summed E-state index contributed by atoms with van der Waals surface area (Å²) in [6.45, 7) is 2.12. The lowest BCUT2D eigenvalue weighted by molar-refractivity contribution is 0.415. The van der Waals surface area contributed by atoms with Crippen LogP contribution >= 0.6 is 23.4 Å². The Balaban J connectivity index is 1.83. The highest BCUT2D eigenvalue weighted by Crippen LogP contribution is 2.37. The van der Waals surface area contributed by atoms with Crippen LogP contribution < -0.4 is 4.74 Å². The number of benzene rings is 2. The van der Waals surface area contributed by atoms with Crippen molar-refractivity contribution in [3.05, 3.63) is 59.1 Å². The SMILES string of the molecule is COc1ccc(-c2nnc(S[C@H](C)c3ccccc3Cl)n2C)cc1. The van der Waals surface area contributed by atoms with Crippen LogP contribution in [0.1, 0.15) is 17.7 Å². The molecule has 0 N–H and O–H groups in total. The average molecular weight is 360 g/mol. The van der Waals surface area contributed by atoms with Crippen LogP contribution in [0.5, 0.6) is 5.75 Å². The molecule has 0 aliphatic carbocycles. The number of methoxy groups -OCH3 is 1. The van der Waals surface area contributed by atoms with E-state index in [-0.39, 0.29) is 5.25 Å². The van der Waals surface area contributed by atoms with Crippen LogP contribution in [0.15, 0.2) is 53.7 Å². The first-order chi connectivity index (χ1) is 11.6. The van der Waals surface area contributed by atoms with Gasteiger partial charge in [-0.1, -0.05) is 41.6 Å². The second kappa shape index (κ2) is 7.28. The maximum atomic E-state index is 6.29. The van der Waals surface area contributed by atoms with Crippen LogP contribution in [-0.2, 0) is 7.05 Å². The molecule has 0 bridgehead atoms. The number of nitrogens with zero attached hydrogens (tertiary/aromatic N) is 3. The van der Waals surface area contributed by atoms with Gasteiger partial charge < -0.3 is 9.30 Å². The van der Waals surface area contributed by atoms with E-state index in [9.17, 15) is 0 Å². The molecular formula is C18H18ClN3OS. The lowest BCUT2D eigenvalue weighted by Crippen LogP contribution is -1.97. The molecule has 1 atom stereocenters. The van der Waals surface area contributed by atoms with Gasteiger partial charge in [-0.05, 0) is 42.8 Å². The molecule has 0 saturated carbocycles. The van der Waals surface area contributed by atoms with Crippen molar-refractivity contribution in [3.8, 4) is 17.1 Å². The van der Waals surface area contributed by atoms with Gasteiger partial charge in [0.15, 0.2) is 11.0 Å². The molecule has 0 fully saturated rings. The lowest BCUT2D eigenvalue weighted by Gasteiger charge is -2.12. The standard InChI is InChI=1S/C18H18ClN3OS/c1-12(15-6-4-5-7-16(15)19)24-18-21-20-17(22(18)2)13-8-10-14(23-3)11-9-13/h4-12H,1-3H3/t12-/m1/s1. The highest BCUT2D eigenvalue weighted by Gasteiger charge is 2.17. The summed E-state index contributed by atoms with van der Waals surface area (Å²) in [7, 11) is 3.63. The van der Waals surface area contributed by atoms with Crippen LogP contribution in [0, 0.1) is 0 Å². The monoisotopic (exact) mass is 359 g/mol. The summed E-state index contributed by atoms with van der Waals surface area (Å²) < 4.78 is 7.19. The predicted molar refractivity (Wildman–Crippen MR) is 98.7 cm³/mol. The normalized spacial score (nSPS) is 12.2. The molecule has 1 heterocycles. The minimum Gasteiger partial charge on any atom is -0.497 e. The predicted octanol–water partition coefficient (Wildman–Crippen LogP) is 5.00. The van der Waals surface area contributed by atoms with Gasteiger partial charge in [-0.3, -0.25) is 0 Å². The van der Waals surface area contributed by atoms with E-state index >= 15 is 0 Å². The van der Waals surface area contributed by atoms with Gasteiger partial charge in [0.1, 0.15) is 5.75 Å². The molecular weight excluding hydrogens is 342 g/mol. The Labute approximate surface area is 150 Å². The minimum absolute atomic E-state index is 0.185. The molecule has 0 aliphatic heterocycles. The number of ether oxygens (including phenoxy) is 1. The van der Waals surface area contributed by atoms with Gasteiger partial charge in [-0.25, -0.2) is 0 Å². The fourth-order valence-corrected chi connectivity index (χ4v) is 3.78. The Kier molecular flexibility index (Phi) is 5.11. The first-order valence-electron chi connectivity index (χ1n) is 7.55. The Hall–Kier alpha value is -1.98. The van der Waals surface area contributed by atoms with Gasteiger partial charge in [0.2, 0.25) is 0 Å². The largest absolute Gasteiger partial charge is 0.497 e. The molecule has 2 aromatic carbocycles. The number of aromatic nitrogens is 3. The van der Waals surface area contributed by atoms with E-state index in [4.69, 9.17) is 16.3 Å². The van der Waals surface area contributed by atoms with E-state index in [2.05, 4.69) is 17.1 Å². The number of hydrogen-bond acceptors (Lipinski definition) is 4. The van der Waals surface area contributed by atoms with Crippen LogP contribution in [0.2, 0.25) is 5.02 Å². The smallest absolute Gasteiger partial charge is 0.191 e. The number of hydrogen-bond donors (Lipinski definition) is 0. The number of thioether (sulfide) groups is 1. The quantitative estimate of drug-likeness (QED) is 0.601. The Morgan fingerprint density at radius 3 is 2.46 bits per heavy atom. The summed E-state index contributed by atoms with van der Waals surface area (Å²) in [5.74, 6) is 1.65. The zero-order valence-electron chi connectivity index (χ0n) is 13.7. The van der Waals surface area contributed by atoms with Gasteiger partial charge in [-0.2, -0.15) is 0 Å². The molecule has 6 heteroatoms. The Morgan fingerprint density at radius 2 is 1.79 bits per heavy atom. The molecule has 3 aromatic rings. The molecule has 0 amide bonds. The van der Waals surface area contributed by atoms with E-state index < -0.39 is 0 Å². The topological polar surface area (TPSA) is 39.9 Å². The Bertz CT molecular complexity index is 833. The minimum atomic E-state index is 0.185. The molecule has 4 nitrogen and oxygen atoms in total. The fourth-order valence-electron chi connectivity index (χ4n) is 2.44. The van der Waals surface area contributed by atoms with Crippen molar-refractivity contribution in [3.63, 3.8) is 0 Å². The number of halogens is 1. The second-order valence-corrected chi connectivity index (χ2v) is 7.09. The maximum Gasteiger partial charge on any atom is 0.191 e. The maximum absolute atomic E-state index is 6.29. The fraction of sp³-hybridized carbons (Fsp3) is 0.222. The molecule has 0 aliphatic rings. The zero-order valence-corrected chi connectivity index (χ0v) is 15.3. The van der Waals surface area contributed by atoms with Crippen LogP contribution in [0.4, 0.5) is 0 Å². The van der Waals surface area contributed by atoms with Crippen LogP contribution in [0.25, 0.3) is 11.4 Å². The van der Waals surface area contributed by atoms with Crippen LogP contribution in [-0.4, -0.2) is 21.9 Å². The molecule has 0 unspecified atom stereocenters. The van der Waals surface area contributed by atoms with Crippen molar-refractivity contribution in [1.29, 1.82) is 0 Å². The van der Waals surface area contributed by atoms with E-state index in [0.717, 1.165) is 32.9 Å². The zero-order chi connectivity index (χ0) is 17.1. The molecule has 0 spiro atoms. The molecule has 0 saturated heterocycles. The van der Waals surface area contributed by atoms with Crippen molar-refractivity contribution in [2.24, 2.45) is 7.05 Å². The molecule has 0 radical (unpaired) electrons. The lowest BCUT2D eigenvalue weighted by atomic mass is 10.2. The third-order valence-electron chi connectivity index (χ3n) is 3.81. The van der Waals surface area contributed by atoms with Crippen molar-refractivity contribution in [2.75, 3.05) is 7.11 Å². The molecule has 124 valence electrons. The van der Waals surface area contributed by atoms with Gasteiger partial charge in [-0.15, -0.1) is 10.2 Å².